The minimum absolute atomic E-state index is 0.748. The van der Waals surface area contributed by atoms with Gasteiger partial charge in [0.25, 0.3) is 0 Å². The van der Waals surface area contributed by atoms with Gasteiger partial charge in [-0.1, -0.05) is 17.8 Å². The maximum absolute atomic E-state index is 11.2. The summed E-state index contributed by atoms with van der Waals surface area (Å²) in [5.74, 6) is 0. The zero-order valence-electron chi connectivity index (χ0n) is 13.1. The number of anilines is 1. The lowest BCUT2D eigenvalue weighted by Crippen LogP contribution is -2.44. The normalized spacial score (nSPS) is 17.5. The van der Waals surface area contributed by atoms with Gasteiger partial charge in [0, 0.05) is 54.7 Å². The molecule has 4 rings (SSSR count). The lowest BCUT2D eigenvalue weighted by molar-refractivity contribution is 0.112. The predicted molar refractivity (Wildman–Crippen MR) is 95.3 cm³/mol. The number of fused-ring (bicyclic) bond motifs is 2. The first-order valence-corrected chi connectivity index (χ1v) is 8.66. The molecule has 23 heavy (non-hydrogen) atoms. The van der Waals surface area contributed by atoms with Gasteiger partial charge in [0.2, 0.25) is 0 Å². The van der Waals surface area contributed by atoms with Crippen LogP contribution in [0.3, 0.4) is 0 Å². The Balaban J connectivity index is 1.68. The Morgan fingerprint density at radius 3 is 2.74 bits per heavy atom. The van der Waals surface area contributed by atoms with Crippen molar-refractivity contribution >= 4 is 36.0 Å². The molecule has 0 aliphatic carbocycles. The summed E-state index contributed by atoms with van der Waals surface area (Å²) in [6.45, 7) is 4.32. The first-order chi connectivity index (χ1) is 11.2. The highest BCUT2D eigenvalue weighted by Gasteiger charge is 2.18. The fourth-order valence-electron chi connectivity index (χ4n) is 3.04. The molecule has 1 saturated heterocycles. The zero-order valence-corrected chi connectivity index (χ0v) is 13.9. The monoisotopic (exact) mass is 325 g/mol. The van der Waals surface area contributed by atoms with Crippen LogP contribution in [0.25, 0.3) is 12.3 Å². The van der Waals surface area contributed by atoms with Crippen molar-refractivity contribution in [2.75, 3.05) is 38.1 Å². The van der Waals surface area contributed by atoms with Crippen molar-refractivity contribution in [2.45, 2.75) is 9.92 Å². The molecule has 0 amide bonds. The van der Waals surface area contributed by atoms with Gasteiger partial charge in [0.05, 0.1) is 5.03 Å². The van der Waals surface area contributed by atoms with Gasteiger partial charge >= 0.3 is 0 Å². The van der Waals surface area contributed by atoms with E-state index in [0.29, 0.717) is 0 Å². The maximum atomic E-state index is 11.2. The molecule has 1 aromatic heterocycles. The topological polar surface area (TPSA) is 28.5 Å². The average Bonchev–Trinajstić information content (AvgIpc) is 2.87. The van der Waals surface area contributed by atoms with Crippen LogP contribution in [0.4, 0.5) is 5.69 Å². The van der Waals surface area contributed by atoms with Crippen molar-refractivity contribution in [2.24, 2.45) is 0 Å². The molecule has 1 fully saturated rings. The summed E-state index contributed by atoms with van der Waals surface area (Å²) in [5, 5.41) is 0.991. The molecular formula is C18H19N3OS. The average molecular weight is 325 g/mol. The van der Waals surface area contributed by atoms with Crippen molar-refractivity contribution in [3.63, 3.8) is 0 Å². The summed E-state index contributed by atoms with van der Waals surface area (Å²) < 4.78 is 2.02. The number of nitrogens with zero attached hydrogens (tertiary/aromatic N) is 3. The molecule has 2 aliphatic heterocycles. The number of benzene rings is 1. The molecule has 0 spiro atoms. The van der Waals surface area contributed by atoms with Crippen molar-refractivity contribution in [1.29, 1.82) is 0 Å². The summed E-state index contributed by atoms with van der Waals surface area (Å²) in [6.07, 6.45) is 7.01. The van der Waals surface area contributed by atoms with E-state index in [1.807, 2.05) is 23.0 Å². The third kappa shape index (κ3) is 2.71. The van der Waals surface area contributed by atoms with Gasteiger partial charge in [-0.3, -0.25) is 4.79 Å². The SMILES string of the molecule is CN1CCN(c2ccc3c(c2)Sc2c(C=O)ccn2C=C3)CC1. The molecule has 3 heterocycles. The summed E-state index contributed by atoms with van der Waals surface area (Å²) >= 11 is 1.67. The molecule has 4 nitrogen and oxygen atoms in total. The fourth-order valence-corrected chi connectivity index (χ4v) is 4.15. The van der Waals surface area contributed by atoms with E-state index in [9.17, 15) is 4.79 Å². The Morgan fingerprint density at radius 1 is 1.13 bits per heavy atom. The molecular weight excluding hydrogens is 306 g/mol. The molecule has 0 radical (unpaired) electrons. The molecule has 118 valence electrons. The molecule has 0 unspecified atom stereocenters. The second-order valence-electron chi connectivity index (χ2n) is 6.03. The third-order valence-electron chi connectivity index (χ3n) is 4.51. The zero-order chi connectivity index (χ0) is 15.8. The number of piperazine rings is 1. The van der Waals surface area contributed by atoms with E-state index in [1.54, 1.807) is 11.8 Å². The van der Waals surface area contributed by atoms with Crippen LogP contribution >= 0.6 is 11.8 Å². The van der Waals surface area contributed by atoms with Crippen LogP contribution in [0.15, 0.2) is 40.4 Å². The smallest absolute Gasteiger partial charge is 0.152 e. The van der Waals surface area contributed by atoms with Crippen molar-refractivity contribution in [3.05, 3.63) is 41.6 Å². The Kier molecular flexibility index (Phi) is 3.75. The summed E-state index contributed by atoms with van der Waals surface area (Å²) in [5.41, 5.74) is 3.22. The van der Waals surface area contributed by atoms with Gasteiger partial charge in [-0.15, -0.1) is 0 Å². The maximum Gasteiger partial charge on any atom is 0.152 e. The van der Waals surface area contributed by atoms with Gasteiger partial charge in [0.1, 0.15) is 0 Å². The summed E-state index contributed by atoms with van der Waals surface area (Å²) in [6, 6.07) is 8.51. The van der Waals surface area contributed by atoms with Crippen LogP contribution in [0.2, 0.25) is 0 Å². The van der Waals surface area contributed by atoms with Crippen LogP contribution in [0.5, 0.6) is 0 Å². The van der Waals surface area contributed by atoms with Crippen molar-refractivity contribution in [1.82, 2.24) is 9.47 Å². The van der Waals surface area contributed by atoms with E-state index in [2.05, 4.69) is 41.1 Å². The largest absolute Gasteiger partial charge is 0.369 e. The Hall–Kier alpha value is -1.98. The van der Waals surface area contributed by atoms with Crippen LogP contribution in [-0.4, -0.2) is 49.0 Å². The summed E-state index contributed by atoms with van der Waals surface area (Å²) in [7, 11) is 2.17. The van der Waals surface area contributed by atoms with Crippen molar-refractivity contribution in [3.8, 4) is 0 Å². The molecule has 5 heteroatoms. The van der Waals surface area contributed by atoms with E-state index < -0.39 is 0 Å². The number of carbonyl (C=O) groups excluding carboxylic acids is 1. The van der Waals surface area contributed by atoms with Crippen LogP contribution in [0.1, 0.15) is 15.9 Å². The molecule has 0 saturated carbocycles. The van der Waals surface area contributed by atoms with Gasteiger partial charge < -0.3 is 14.4 Å². The minimum atomic E-state index is 0.748. The highest BCUT2D eigenvalue weighted by molar-refractivity contribution is 7.99. The van der Waals surface area contributed by atoms with Gasteiger partial charge in [-0.25, -0.2) is 0 Å². The van der Waals surface area contributed by atoms with Crippen LogP contribution in [-0.2, 0) is 0 Å². The second-order valence-corrected chi connectivity index (χ2v) is 7.06. The minimum Gasteiger partial charge on any atom is -0.369 e. The van der Waals surface area contributed by atoms with E-state index >= 15 is 0 Å². The molecule has 2 aliphatic rings. The highest BCUT2D eigenvalue weighted by atomic mass is 32.2. The number of aldehydes is 1. The first-order valence-electron chi connectivity index (χ1n) is 7.84. The summed E-state index contributed by atoms with van der Waals surface area (Å²) in [4.78, 5) is 17.3. The van der Waals surface area contributed by atoms with E-state index in [1.165, 1.54) is 16.1 Å². The third-order valence-corrected chi connectivity index (χ3v) is 5.72. The van der Waals surface area contributed by atoms with E-state index in [0.717, 1.165) is 43.1 Å². The predicted octanol–water partition coefficient (Wildman–Crippen LogP) is 3.14. The fraction of sp³-hybridized carbons (Fsp3) is 0.278. The van der Waals surface area contributed by atoms with Gasteiger partial charge in [0.15, 0.2) is 6.29 Å². The lowest BCUT2D eigenvalue weighted by atomic mass is 10.1. The number of carbonyl (C=O) groups is 1. The number of hydrogen-bond donors (Lipinski definition) is 0. The quantitative estimate of drug-likeness (QED) is 0.677. The van der Waals surface area contributed by atoms with Crippen LogP contribution in [0, 0.1) is 0 Å². The van der Waals surface area contributed by atoms with E-state index in [-0.39, 0.29) is 0 Å². The Labute approximate surface area is 140 Å². The molecule has 0 N–H and O–H groups in total. The molecule has 0 atom stereocenters. The Bertz CT molecular complexity index is 773. The number of rotatable bonds is 2. The Morgan fingerprint density at radius 2 is 1.96 bits per heavy atom. The molecule has 2 aromatic rings. The van der Waals surface area contributed by atoms with Crippen LogP contribution < -0.4 is 4.90 Å². The van der Waals surface area contributed by atoms with Crippen molar-refractivity contribution < 1.29 is 4.79 Å². The lowest BCUT2D eigenvalue weighted by Gasteiger charge is -2.34. The second kappa shape index (κ2) is 5.91. The first kappa shape index (κ1) is 14.6. The molecule has 1 aromatic carbocycles. The van der Waals surface area contributed by atoms with Gasteiger partial charge in [-0.05, 0) is 36.9 Å². The highest BCUT2D eigenvalue weighted by Crippen LogP contribution is 2.38. The standard InChI is InChI=1S/C18H19N3OS/c1-19-8-10-20(11-9-19)16-3-2-14-4-6-21-7-5-15(13-22)18(21)23-17(14)12-16/h2-7,12-13H,8-11H2,1H3. The van der Waals surface area contributed by atoms with Gasteiger partial charge in [-0.2, -0.15) is 0 Å². The number of likely N-dealkylation sites (N-methyl/N-ethyl adjacent to an activating group) is 1. The number of aromatic nitrogens is 1. The van der Waals surface area contributed by atoms with E-state index in [4.69, 9.17) is 0 Å². The molecule has 0 bridgehead atoms. The number of hydrogen-bond acceptors (Lipinski definition) is 4.